The molecule has 1 saturated heterocycles. The van der Waals surface area contributed by atoms with E-state index >= 15 is 0 Å². The highest BCUT2D eigenvalue weighted by Crippen LogP contribution is 2.33. The van der Waals surface area contributed by atoms with E-state index in [1.54, 1.807) is 7.11 Å². The van der Waals surface area contributed by atoms with E-state index in [1.807, 2.05) is 13.0 Å². The van der Waals surface area contributed by atoms with E-state index in [0.29, 0.717) is 12.6 Å². The van der Waals surface area contributed by atoms with E-state index in [2.05, 4.69) is 29.3 Å². The SMILES string of the molecule is CCOc1ccc(C(CC)N2CCNCC2)cc1OC. The summed E-state index contributed by atoms with van der Waals surface area (Å²) in [5.74, 6) is 1.66. The van der Waals surface area contributed by atoms with Gasteiger partial charge in [-0.15, -0.1) is 0 Å². The Balaban J connectivity index is 2.20. The minimum absolute atomic E-state index is 0.460. The summed E-state index contributed by atoms with van der Waals surface area (Å²) >= 11 is 0. The molecule has 1 aromatic carbocycles. The summed E-state index contributed by atoms with van der Waals surface area (Å²) in [6, 6.07) is 6.79. The molecule has 0 spiro atoms. The first kappa shape index (κ1) is 15.1. The molecule has 0 aromatic heterocycles. The third-order valence-corrected chi connectivity index (χ3v) is 3.85. The molecule has 1 heterocycles. The Kier molecular flexibility index (Phi) is 5.68. The molecule has 2 rings (SSSR count). The van der Waals surface area contributed by atoms with Crippen LogP contribution in [0.2, 0.25) is 0 Å². The molecule has 4 heteroatoms. The number of rotatable bonds is 6. The van der Waals surface area contributed by atoms with Crippen LogP contribution in [0.15, 0.2) is 18.2 Å². The molecule has 0 aliphatic carbocycles. The van der Waals surface area contributed by atoms with Crippen LogP contribution in [0, 0.1) is 0 Å². The number of hydrogen-bond donors (Lipinski definition) is 1. The Morgan fingerprint density at radius 1 is 1.20 bits per heavy atom. The number of ether oxygens (including phenoxy) is 2. The van der Waals surface area contributed by atoms with Crippen molar-refractivity contribution in [2.45, 2.75) is 26.3 Å². The minimum atomic E-state index is 0.460. The molecule has 20 heavy (non-hydrogen) atoms. The molecular weight excluding hydrogens is 252 g/mol. The standard InChI is InChI=1S/C16H26N2O2/c1-4-14(18-10-8-17-9-11-18)13-6-7-15(20-5-2)16(12-13)19-3/h6-7,12,14,17H,4-5,8-11H2,1-3H3. The predicted molar refractivity (Wildman–Crippen MR) is 81.6 cm³/mol. The van der Waals surface area contributed by atoms with Crippen LogP contribution in [0.4, 0.5) is 0 Å². The van der Waals surface area contributed by atoms with Gasteiger partial charge in [-0.2, -0.15) is 0 Å². The second kappa shape index (κ2) is 7.50. The van der Waals surface area contributed by atoms with Crippen molar-refractivity contribution in [3.63, 3.8) is 0 Å². The van der Waals surface area contributed by atoms with Crippen molar-refractivity contribution < 1.29 is 9.47 Å². The Labute approximate surface area is 122 Å². The first-order chi connectivity index (χ1) is 9.80. The van der Waals surface area contributed by atoms with Crippen LogP contribution in [-0.4, -0.2) is 44.8 Å². The summed E-state index contributed by atoms with van der Waals surface area (Å²) in [5, 5.41) is 3.41. The van der Waals surface area contributed by atoms with Gasteiger partial charge in [0, 0.05) is 32.2 Å². The molecule has 0 bridgehead atoms. The highest BCUT2D eigenvalue weighted by Gasteiger charge is 2.21. The first-order valence-electron chi connectivity index (χ1n) is 7.55. The lowest BCUT2D eigenvalue weighted by Crippen LogP contribution is -2.45. The number of benzene rings is 1. The third-order valence-electron chi connectivity index (χ3n) is 3.85. The van der Waals surface area contributed by atoms with Gasteiger partial charge in [-0.25, -0.2) is 0 Å². The van der Waals surface area contributed by atoms with Gasteiger partial charge in [0.15, 0.2) is 11.5 Å². The van der Waals surface area contributed by atoms with Gasteiger partial charge in [-0.05, 0) is 31.0 Å². The predicted octanol–water partition coefficient (Wildman–Crippen LogP) is 2.45. The van der Waals surface area contributed by atoms with Crippen LogP contribution >= 0.6 is 0 Å². The number of methoxy groups -OCH3 is 1. The normalized spacial score (nSPS) is 17.8. The molecule has 112 valence electrons. The maximum atomic E-state index is 5.59. The average Bonchev–Trinajstić information content (AvgIpc) is 2.50. The van der Waals surface area contributed by atoms with Crippen LogP contribution in [0.5, 0.6) is 11.5 Å². The lowest BCUT2D eigenvalue weighted by molar-refractivity contribution is 0.169. The van der Waals surface area contributed by atoms with Crippen molar-refractivity contribution in [3.05, 3.63) is 23.8 Å². The summed E-state index contributed by atoms with van der Waals surface area (Å²) < 4.78 is 11.1. The van der Waals surface area contributed by atoms with Crippen molar-refractivity contribution in [1.82, 2.24) is 10.2 Å². The molecule has 1 atom stereocenters. The van der Waals surface area contributed by atoms with Crippen molar-refractivity contribution >= 4 is 0 Å². The zero-order chi connectivity index (χ0) is 14.4. The van der Waals surface area contributed by atoms with Crippen LogP contribution in [0.1, 0.15) is 31.9 Å². The molecule has 1 aliphatic rings. The fourth-order valence-electron chi connectivity index (χ4n) is 2.86. The fraction of sp³-hybridized carbons (Fsp3) is 0.625. The van der Waals surface area contributed by atoms with E-state index in [0.717, 1.165) is 44.1 Å². The van der Waals surface area contributed by atoms with E-state index < -0.39 is 0 Å². The molecule has 1 unspecified atom stereocenters. The van der Waals surface area contributed by atoms with Crippen molar-refractivity contribution in [2.24, 2.45) is 0 Å². The van der Waals surface area contributed by atoms with E-state index in [4.69, 9.17) is 9.47 Å². The van der Waals surface area contributed by atoms with Crippen molar-refractivity contribution in [3.8, 4) is 11.5 Å². The Bertz CT molecular complexity index is 417. The van der Waals surface area contributed by atoms with Gasteiger partial charge in [0.05, 0.1) is 13.7 Å². The van der Waals surface area contributed by atoms with Gasteiger partial charge >= 0.3 is 0 Å². The second-order valence-electron chi connectivity index (χ2n) is 5.05. The lowest BCUT2D eigenvalue weighted by Gasteiger charge is -2.35. The first-order valence-corrected chi connectivity index (χ1v) is 7.55. The molecule has 4 nitrogen and oxygen atoms in total. The second-order valence-corrected chi connectivity index (χ2v) is 5.05. The maximum Gasteiger partial charge on any atom is 0.161 e. The Morgan fingerprint density at radius 2 is 1.95 bits per heavy atom. The third kappa shape index (κ3) is 3.44. The molecule has 0 radical (unpaired) electrons. The minimum Gasteiger partial charge on any atom is -0.493 e. The number of hydrogen-bond acceptors (Lipinski definition) is 4. The van der Waals surface area contributed by atoms with Crippen molar-refractivity contribution in [2.75, 3.05) is 39.9 Å². The lowest BCUT2D eigenvalue weighted by atomic mass is 10.0. The maximum absolute atomic E-state index is 5.59. The molecular formula is C16H26N2O2. The number of nitrogens with zero attached hydrogens (tertiary/aromatic N) is 1. The van der Waals surface area contributed by atoms with Gasteiger partial charge < -0.3 is 14.8 Å². The Morgan fingerprint density at radius 3 is 2.55 bits per heavy atom. The fourth-order valence-corrected chi connectivity index (χ4v) is 2.86. The zero-order valence-electron chi connectivity index (χ0n) is 12.8. The van der Waals surface area contributed by atoms with Crippen LogP contribution in [-0.2, 0) is 0 Å². The summed E-state index contributed by atoms with van der Waals surface area (Å²) in [4.78, 5) is 2.55. The summed E-state index contributed by atoms with van der Waals surface area (Å²) in [6.07, 6.45) is 1.11. The monoisotopic (exact) mass is 278 g/mol. The topological polar surface area (TPSA) is 33.7 Å². The zero-order valence-corrected chi connectivity index (χ0v) is 12.8. The molecule has 1 aromatic rings. The quantitative estimate of drug-likeness (QED) is 0.866. The Hall–Kier alpha value is -1.26. The van der Waals surface area contributed by atoms with E-state index in [9.17, 15) is 0 Å². The van der Waals surface area contributed by atoms with Gasteiger partial charge in [-0.1, -0.05) is 13.0 Å². The van der Waals surface area contributed by atoms with Gasteiger partial charge in [0.25, 0.3) is 0 Å². The molecule has 1 N–H and O–H groups in total. The summed E-state index contributed by atoms with van der Waals surface area (Å²) in [7, 11) is 1.70. The largest absolute Gasteiger partial charge is 0.493 e. The van der Waals surface area contributed by atoms with Gasteiger partial charge in [-0.3, -0.25) is 4.90 Å². The number of piperazine rings is 1. The number of nitrogens with one attached hydrogen (secondary N) is 1. The average molecular weight is 278 g/mol. The molecule has 0 saturated carbocycles. The highest BCUT2D eigenvalue weighted by molar-refractivity contribution is 5.43. The summed E-state index contributed by atoms with van der Waals surface area (Å²) in [6.45, 7) is 9.25. The van der Waals surface area contributed by atoms with Gasteiger partial charge in [0.2, 0.25) is 0 Å². The highest BCUT2D eigenvalue weighted by atomic mass is 16.5. The van der Waals surface area contributed by atoms with Crippen LogP contribution in [0.3, 0.4) is 0 Å². The van der Waals surface area contributed by atoms with Crippen molar-refractivity contribution in [1.29, 1.82) is 0 Å². The molecule has 0 amide bonds. The molecule has 1 fully saturated rings. The van der Waals surface area contributed by atoms with E-state index in [1.165, 1.54) is 5.56 Å². The van der Waals surface area contributed by atoms with Crippen LogP contribution < -0.4 is 14.8 Å². The smallest absolute Gasteiger partial charge is 0.161 e. The van der Waals surface area contributed by atoms with Crippen LogP contribution in [0.25, 0.3) is 0 Å². The molecule has 1 aliphatic heterocycles. The van der Waals surface area contributed by atoms with E-state index in [-0.39, 0.29) is 0 Å². The van der Waals surface area contributed by atoms with Gasteiger partial charge in [0.1, 0.15) is 0 Å². The summed E-state index contributed by atoms with van der Waals surface area (Å²) in [5.41, 5.74) is 1.31.